The van der Waals surface area contributed by atoms with Crippen LogP contribution in [0.3, 0.4) is 0 Å². The molecular formula is C11H18O. The van der Waals surface area contributed by atoms with Gasteiger partial charge in [0, 0.05) is 6.61 Å². The van der Waals surface area contributed by atoms with Gasteiger partial charge in [0.1, 0.15) is 0 Å². The second kappa shape index (κ2) is 8.28. The molecule has 0 radical (unpaired) electrons. The smallest absolute Gasteiger partial charge is 0.0711 e. The molecule has 1 heteroatoms. The Bertz CT molecular complexity index is 166. The molecule has 12 heavy (non-hydrogen) atoms. The van der Waals surface area contributed by atoms with Crippen molar-refractivity contribution in [3.63, 3.8) is 0 Å². The fraction of sp³-hybridized carbons (Fsp3) is 0.455. The summed E-state index contributed by atoms with van der Waals surface area (Å²) < 4.78 is 5.30. The molecule has 0 saturated carbocycles. The highest BCUT2D eigenvalue weighted by atomic mass is 16.5. The van der Waals surface area contributed by atoms with Crippen molar-refractivity contribution in [3.05, 3.63) is 36.5 Å². The molecule has 0 aromatic carbocycles. The third-order valence-corrected chi connectivity index (χ3v) is 1.27. The van der Waals surface area contributed by atoms with Crippen LogP contribution in [0.1, 0.15) is 20.3 Å². The zero-order valence-corrected chi connectivity index (χ0v) is 8.05. The van der Waals surface area contributed by atoms with Crippen LogP contribution in [0, 0.1) is 0 Å². The van der Waals surface area contributed by atoms with Gasteiger partial charge in [-0.3, -0.25) is 0 Å². The molecule has 0 rings (SSSR count). The van der Waals surface area contributed by atoms with Crippen molar-refractivity contribution in [1.29, 1.82) is 0 Å². The Morgan fingerprint density at radius 3 is 2.75 bits per heavy atom. The molecule has 0 aliphatic rings. The maximum absolute atomic E-state index is 5.30. The van der Waals surface area contributed by atoms with E-state index >= 15 is 0 Å². The van der Waals surface area contributed by atoms with Crippen molar-refractivity contribution in [1.82, 2.24) is 0 Å². The van der Waals surface area contributed by atoms with Crippen LogP contribution in [0.5, 0.6) is 0 Å². The molecule has 0 aromatic rings. The summed E-state index contributed by atoms with van der Waals surface area (Å²) in [6, 6.07) is 0. The van der Waals surface area contributed by atoms with E-state index < -0.39 is 0 Å². The lowest BCUT2D eigenvalue weighted by atomic mass is 10.3. The zero-order valence-electron chi connectivity index (χ0n) is 8.05. The second-order valence-corrected chi connectivity index (χ2v) is 2.60. The number of hydrogen-bond acceptors (Lipinski definition) is 1. The van der Waals surface area contributed by atoms with Crippen LogP contribution in [0.2, 0.25) is 0 Å². The highest BCUT2D eigenvalue weighted by molar-refractivity contribution is 5.19. The van der Waals surface area contributed by atoms with E-state index in [1.54, 1.807) is 0 Å². The summed E-state index contributed by atoms with van der Waals surface area (Å²) in [6.45, 7) is 9.39. The topological polar surface area (TPSA) is 9.23 Å². The van der Waals surface area contributed by atoms with E-state index in [2.05, 4.69) is 13.5 Å². The lowest BCUT2D eigenvalue weighted by Crippen LogP contribution is -1.95. The van der Waals surface area contributed by atoms with Gasteiger partial charge in [0.25, 0.3) is 0 Å². The average Bonchev–Trinajstić information content (AvgIpc) is 2.06. The van der Waals surface area contributed by atoms with E-state index in [-0.39, 0.29) is 0 Å². The minimum atomic E-state index is 0.641. The molecule has 0 bridgehead atoms. The molecule has 0 spiro atoms. The van der Waals surface area contributed by atoms with Gasteiger partial charge < -0.3 is 4.74 Å². The van der Waals surface area contributed by atoms with E-state index in [0.29, 0.717) is 6.61 Å². The Morgan fingerprint density at radius 1 is 1.42 bits per heavy atom. The van der Waals surface area contributed by atoms with E-state index in [1.807, 2.05) is 31.2 Å². The molecule has 0 atom stereocenters. The maximum Gasteiger partial charge on any atom is 0.0711 e. The van der Waals surface area contributed by atoms with Crippen molar-refractivity contribution in [2.45, 2.75) is 20.3 Å². The zero-order chi connectivity index (χ0) is 9.23. The van der Waals surface area contributed by atoms with Gasteiger partial charge in [-0.1, -0.05) is 37.8 Å². The molecule has 0 unspecified atom stereocenters. The Balaban J connectivity index is 3.45. The first-order chi connectivity index (χ1) is 5.81. The molecule has 0 amide bonds. The van der Waals surface area contributed by atoms with Gasteiger partial charge >= 0.3 is 0 Å². The van der Waals surface area contributed by atoms with Crippen LogP contribution in [0.15, 0.2) is 36.5 Å². The minimum Gasteiger partial charge on any atom is -0.377 e. The summed E-state index contributed by atoms with van der Waals surface area (Å²) in [5.41, 5.74) is 1.02. The molecule has 0 aromatic heterocycles. The molecule has 0 heterocycles. The number of allylic oxidation sites excluding steroid dienone is 3. The molecule has 0 N–H and O–H groups in total. The quantitative estimate of drug-likeness (QED) is 0.435. The van der Waals surface area contributed by atoms with Crippen LogP contribution in [0.25, 0.3) is 0 Å². The van der Waals surface area contributed by atoms with Crippen LogP contribution in [-0.2, 0) is 4.74 Å². The van der Waals surface area contributed by atoms with Crippen molar-refractivity contribution in [2.75, 3.05) is 13.2 Å². The highest BCUT2D eigenvalue weighted by Crippen LogP contribution is 1.95. The van der Waals surface area contributed by atoms with Crippen LogP contribution >= 0.6 is 0 Å². The predicted molar refractivity (Wildman–Crippen MR) is 54.2 cm³/mol. The summed E-state index contributed by atoms with van der Waals surface area (Å²) in [4.78, 5) is 0. The van der Waals surface area contributed by atoms with Gasteiger partial charge in [-0.05, 0) is 18.9 Å². The number of hydrogen-bond donors (Lipinski definition) is 0. The molecule has 0 fully saturated rings. The minimum absolute atomic E-state index is 0.641. The molecule has 0 aliphatic carbocycles. The fourth-order valence-corrected chi connectivity index (χ4v) is 0.698. The normalized spacial score (nSPS) is 11.5. The van der Waals surface area contributed by atoms with Gasteiger partial charge in [-0.25, -0.2) is 0 Å². The Labute approximate surface area is 75.4 Å². The van der Waals surface area contributed by atoms with Gasteiger partial charge in [-0.15, -0.1) is 0 Å². The molecular weight excluding hydrogens is 148 g/mol. The van der Waals surface area contributed by atoms with Crippen molar-refractivity contribution < 1.29 is 4.74 Å². The monoisotopic (exact) mass is 166 g/mol. The highest BCUT2D eigenvalue weighted by Gasteiger charge is 1.86. The largest absolute Gasteiger partial charge is 0.377 e. The summed E-state index contributed by atoms with van der Waals surface area (Å²) >= 11 is 0. The first kappa shape index (κ1) is 11.2. The molecule has 1 nitrogen and oxygen atoms in total. The lowest BCUT2D eigenvalue weighted by molar-refractivity contribution is 0.159. The third-order valence-electron chi connectivity index (χ3n) is 1.27. The molecule has 68 valence electrons. The van der Waals surface area contributed by atoms with Gasteiger partial charge in [0.05, 0.1) is 6.61 Å². The fourth-order valence-electron chi connectivity index (χ4n) is 0.698. The van der Waals surface area contributed by atoms with Gasteiger partial charge in [-0.2, -0.15) is 0 Å². The summed E-state index contributed by atoms with van der Waals surface area (Å²) in [5.74, 6) is 0. The van der Waals surface area contributed by atoms with Gasteiger partial charge in [0.15, 0.2) is 0 Å². The molecule has 0 saturated heterocycles. The summed E-state index contributed by atoms with van der Waals surface area (Å²) in [5, 5.41) is 0. The third kappa shape index (κ3) is 7.29. The summed E-state index contributed by atoms with van der Waals surface area (Å²) in [7, 11) is 0. The Kier molecular flexibility index (Phi) is 7.71. The van der Waals surface area contributed by atoms with Gasteiger partial charge in [0.2, 0.25) is 0 Å². The van der Waals surface area contributed by atoms with E-state index in [9.17, 15) is 0 Å². The predicted octanol–water partition coefficient (Wildman–Crippen LogP) is 3.10. The number of ether oxygens (including phenoxy) is 1. The standard InChI is InChI=1S/C11H18O/c1-4-6-7-8-11(3)10-12-9-5-2/h4,6-8H,3,5,9-10H2,1-2H3/b6-4-,8-7-. The van der Waals surface area contributed by atoms with Crippen molar-refractivity contribution in [2.24, 2.45) is 0 Å². The maximum atomic E-state index is 5.30. The first-order valence-corrected chi connectivity index (χ1v) is 4.36. The Morgan fingerprint density at radius 2 is 2.17 bits per heavy atom. The lowest BCUT2D eigenvalue weighted by Gasteiger charge is -2.00. The summed E-state index contributed by atoms with van der Waals surface area (Å²) in [6.07, 6.45) is 8.96. The second-order valence-electron chi connectivity index (χ2n) is 2.60. The van der Waals surface area contributed by atoms with Crippen LogP contribution in [-0.4, -0.2) is 13.2 Å². The molecule has 0 aliphatic heterocycles. The van der Waals surface area contributed by atoms with Crippen molar-refractivity contribution in [3.8, 4) is 0 Å². The van der Waals surface area contributed by atoms with E-state index in [4.69, 9.17) is 4.74 Å². The average molecular weight is 166 g/mol. The van der Waals surface area contributed by atoms with Crippen molar-refractivity contribution >= 4 is 0 Å². The van der Waals surface area contributed by atoms with E-state index in [0.717, 1.165) is 18.6 Å². The number of rotatable bonds is 6. The van der Waals surface area contributed by atoms with Crippen LogP contribution < -0.4 is 0 Å². The van der Waals surface area contributed by atoms with Crippen LogP contribution in [0.4, 0.5) is 0 Å². The van der Waals surface area contributed by atoms with E-state index in [1.165, 1.54) is 0 Å². The Hall–Kier alpha value is -0.820. The SMILES string of the molecule is C=C(/C=C\C=C/C)COCCC. The first-order valence-electron chi connectivity index (χ1n) is 4.36.